The number of carbonyl (C=O) groups is 1. The third kappa shape index (κ3) is 2.71. The number of H-pyrrole nitrogens is 1. The van der Waals surface area contributed by atoms with Crippen LogP contribution in [0.5, 0.6) is 0 Å². The first-order valence-electron chi connectivity index (χ1n) is 7.75. The number of hydrogen-bond donors (Lipinski definition) is 2. The van der Waals surface area contributed by atoms with Crippen molar-refractivity contribution >= 4 is 5.91 Å². The maximum atomic E-state index is 12.0. The largest absolute Gasteiger partial charge is 0.364 e. The minimum atomic E-state index is -0.673. The smallest absolute Gasteiger partial charge is 0.269 e. The van der Waals surface area contributed by atoms with Crippen LogP contribution >= 0.6 is 0 Å². The van der Waals surface area contributed by atoms with Crippen LogP contribution in [0.4, 0.5) is 0 Å². The molecule has 0 radical (unpaired) electrons. The highest BCUT2D eigenvalue weighted by molar-refractivity contribution is 5.98. The third-order valence-electron chi connectivity index (χ3n) is 3.79. The van der Waals surface area contributed by atoms with Gasteiger partial charge >= 0.3 is 0 Å². The van der Waals surface area contributed by atoms with Crippen LogP contribution in [0.3, 0.4) is 0 Å². The summed E-state index contributed by atoms with van der Waals surface area (Å²) in [6.07, 6.45) is 8.27. The van der Waals surface area contributed by atoms with E-state index in [-0.39, 0.29) is 5.69 Å². The Labute approximate surface area is 147 Å². The van der Waals surface area contributed by atoms with Gasteiger partial charge in [0.15, 0.2) is 5.69 Å². The van der Waals surface area contributed by atoms with Crippen molar-refractivity contribution in [3.8, 4) is 33.9 Å². The molecule has 0 atom stereocenters. The average molecular weight is 346 g/mol. The van der Waals surface area contributed by atoms with Crippen molar-refractivity contribution in [1.82, 2.24) is 34.9 Å². The number of pyridine rings is 1. The molecule has 0 aliphatic carbocycles. The van der Waals surface area contributed by atoms with E-state index in [0.29, 0.717) is 33.9 Å². The van der Waals surface area contributed by atoms with Crippen molar-refractivity contribution in [2.75, 3.05) is 0 Å². The zero-order valence-electron chi connectivity index (χ0n) is 13.8. The second-order valence-corrected chi connectivity index (χ2v) is 5.58. The summed E-state index contributed by atoms with van der Waals surface area (Å²) < 4.78 is 1.63. The second kappa shape index (κ2) is 6.20. The van der Waals surface area contributed by atoms with E-state index >= 15 is 0 Å². The number of rotatable bonds is 4. The number of aryl methyl sites for hydroxylation is 1. The first kappa shape index (κ1) is 15.6. The monoisotopic (exact) mass is 346 g/mol. The van der Waals surface area contributed by atoms with E-state index in [1.54, 1.807) is 42.7 Å². The van der Waals surface area contributed by atoms with Crippen LogP contribution in [-0.4, -0.2) is 40.8 Å². The van der Waals surface area contributed by atoms with Gasteiger partial charge in [-0.15, -0.1) is 0 Å². The van der Waals surface area contributed by atoms with E-state index in [1.165, 1.54) is 0 Å². The molecule has 9 heteroatoms. The molecular formula is C17H14N8O. The molecule has 0 saturated carbocycles. The van der Waals surface area contributed by atoms with E-state index in [9.17, 15) is 4.79 Å². The van der Waals surface area contributed by atoms with Crippen molar-refractivity contribution in [3.05, 3.63) is 54.9 Å². The molecular weight excluding hydrogens is 332 g/mol. The Kier molecular flexibility index (Phi) is 3.73. The number of carbonyl (C=O) groups excluding carboxylic acids is 1. The molecule has 0 spiro atoms. The molecule has 4 aromatic rings. The Morgan fingerprint density at radius 3 is 2.73 bits per heavy atom. The predicted octanol–water partition coefficient (Wildman–Crippen LogP) is 1.43. The molecule has 0 unspecified atom stereocenters. The summed E-state index contributed by atoms with van der Waals surface area (Å²) in [5.41, 5.74) is 9.09. The van der Waals surface area contributed by atoms with Crippen LogP contribution < -0.4 is 5.73 Å². The Bertz CT molecular complexity index is 1070. The zero-order valence-corrected chi connectivity index (χ0v) is 13.8. The lowest BCUT2D eigenvalue weighted by atomic mass is 10.1. The van der Waals surface area contributed by atoms with Crippen molar-refractivity contribution < 1.29 is 4.79 Å². The van der Waals surface area contributed by atoms with Gasteiger partial charge in [-0.1, -0.05) is 6.07 Å². The summed E-state index contributed by atoms with van der Waals surface area (Å²) in [6, 6.07) is 5.52. The Morgan fingerprint density at radius 1 is 1.15 bits per heavy atom. The zero-order chi connectivity index (χ0) is 18.1. The summed E-state index contributed by atoms with van der Waals surface area (Å²) in [5.74, 6) is -0.673. The normalized spacial score (nSPS) is 10.8. The molecule has 0 bridgehead atoms. The van der Waals surface area contributed by atoms with Gasteiger partial charge in [-0.2, -0.15) is 10.2 Å². The van der Waals surface area contributed by atoms with Crippen LogP contribution in [0.1, 0.15) is 10.5 Å². The number of aromatic amines is 1. The molecule has 26 heavy (non-hydrogen) atoms. The van der Waals surface area contributed by atoms with Crippen molar-refractivity contribution in [2.45, 2.75) is 0 Å². The van der Waals surface area contributed by atoms with Gasteiger partial charge in [-0.3, -0.25) is 24.5 Å². The quantitative estimate of drug-likeness (QED) is 0.575. The molecule has 4 rings (SSSR count). The van der Waals surface area contributed by atoms with E-state index in [0.717, 1.165) is 0 Å². The maximum absolute atomic E-state index is 12.0. The SMILES string of the molecule is Cn1cc(-c2ncc(-c3cn[nH]c3)nc2C(N)=O)c(-c2ccccn2)n1. The minimum absolute atomic E-state index is 0.0638. The van der Waals surface area contributed by atoms with Gasteiger partial charge in [0.2, 0.25) is 0 Å². The van der Waals surface area contributed by atoms with Crippen LogP contribution in [0.15, 0.2) is 49.2 Å². The highest BCUT2D eigenvalue weighted by Gasteiger charge is 2.21. The molecule has 0 aliphatic heterocycles. The highest BCUT2D eigenvalue weighted by atomic mass is 16.1. The first-order valence-corrected chi connectivity index (χ1v) is 7.75. The van der Waals surface area contributed by atoms with Gasteiger partial charge in [0, 0.05) is 31.2 Å². The van der Waals surface area contributed by atoms with E-state index in [2.05, 4.69) is 30.2 Å². The van der Waals surface area contributed by atoms with Crippen molar-refractivity contribution in [3.63, 3.8) is 0 Å². The summed E-state index contributed by atoms with van der Waals surface area (Å²) in [5, 5.41) is 11.0. The van der Waals surface area contributed by atoms with Gasteiger partial charge in [-0.05, 0) is 12.1 Å². The Morgan fingerprint density at radius 2 is 2.04 bits per heavy atom. The van der Waals surface area contributed by atoms with E-state index < -0.39 is 5.91 Å². The lowest BCUT2D eigenvalue weighted by Crippen LogP contribution is -2.16. The molecule has 4 aromatic heterocycles. The topological polar surface area (TPSA) is 128 Å². The van der Waals surface area contributed by atoms with Gasteiger partial charge in [0.05, 0.1) is 29.3 Å². The van der Waals surface area contributed by atoms with Crippen LogP contribution in [0, 0.1) is 0 Å². The summed E-state index contributed by atoms with van der Waals surface area (Å²) in [6.45, 7) is 0. The number of nitrogens with two attached hydrogens (primary N) is 1. The molecule has 0 saturated heterocycles. The number of primary amides is 1. The van der Waals surface area contributed by atoms with Crippen LogP contribution in [0.2, 0.25) is 0 Å². The predicted molar refractivity (Wildman–Crippen MR) is 93.6 cm³/mol. The van der Waals surface area contributed by atoms with E-state index in [1.807, 2.05) is 18.2 Å². The summed E-state index contributed by atoms with van der Waals surface area (Å²) in [7, 11) is 1.78. The lowest BCUT2D eigenvalue weighted by molar-refractivity contribution is 0.0996. The number of aromatic nitrogens is 7. The Hall–Kier alpha value is -3.88. The molecule has 1 amide bonds. The van der Waals surface area contributed by atoms with Crippen LogP contribution in [0.25, 0.3) is 33.9 Å². The molecule has 3 N–H and O–H groups in total. The fraction of sp³-hybridized carbons (Fsp3) is 0.0588. The average Bonchev–Trinajstić information content (AvgIpc) is 3.31. The third-order valence-corrected chi connectivity index (χ3v) is 3.79. The highest BCUT2D eigenvalue weighted by Crippen LogP contribution is 2.31. The first-order chi connectivity index (χ1) is 12.6. The molecule has 128 valence electrons. The van der Waals surface area contributed by atoms with Gasteiger partial charge in [0.1, 0.15) is 11.4 Å². The minimum Gasteiger partial charge on any atom is -0.364 e. The maximum Gasteiger partial charge on any atom is 0.269 e. The fourth-order valence-corrected chi connectivity index (χ4v) is 2.64. The molecule has 0 aliphatic rings. The number of nitrogens with zero attached hydrogens (tertiary/aromatic N) is 6. The number of nitrogens with one attached hydrogen (secondary N) is 1. The molecule has 4 heterocycles. The number of amides is 1. The summed E-state index contributed by atoms with van der Waals surface area (Å²) in [4.78, 5) is 25.2. The molecule has 9 nitrogen and oxygen atoms in total. The molecule has 0 fully saturated rings. The standard InChI is InChI=1S/C17H14N8O/c1-25-9-11(14(24-25)12-4-2-3-5-19-12)15-16(17(18)26)23-13(8-20-15)10-6-21-22-7-10/h2-9H,1H3,(H2,18,26)(H,21,22). The van der Waals surface area contributed by atoms with Gasteiger partial charge in [0.25, 0.3) is 5.91 Å². The number of hydrogen-bond acceptors (Lipinski definition) is 6. The summed E-state index contributed by atoms with van der Waals surface area (Å²) >= 11 is 0. The molecule has 0 aromatic carbocycles. The van der Waals surface area contributed by atoms with Gasteiger partial charge in [-0.25, -0.2) is 4.98 Å². The lowest BCUT2D eigenvalue weighted by Gasteiger charge is -2.07. The Balaban J connectivity index is 1.90. The van der Waals surface area contributed by atoms with Crippen molar-refractivity contribution in [1.29, 1.82) is 0 Å². The van der Waals surface area contributed by atoms with Gasteiger partial charge < -0.3 is 5.73 Å². The van der Waals surface area contributed by atoms with Crippen LogP contribution in [-0.2, 0) is 7.05 Å². The van der Waals surface area contributed by atoms with E-state index in [4.69, 9.17) is 5.73 Å². The fourth-order valence-electron chi connectivity index (χ4n) is 2.64. The second-order valence-electron chi connectivity index (χ2n) is 5.58. The van der Waals surface area contributed by atoms with Crippen molar-refractivity contribution in [2.24, 2.45) is 12.8 Å².